The van der Waals surface area contributed by atoms with Gasteiger partial charge in [0, 0.05) is 0 Å². The molecule has 1 aliphatic heterocycles. The van der Waals surface area contributed by atoms with Crippen LogP contribution in [0.3, 0.4) is 0 Å². The fraction of sp³-hybridized carbons (Fsp3) is 0.0588. The van der Waals surface area contributed by atoms with Crippen molar-refractivity contribution >= 4 is 23.6 Å². The third kappa shape index (κ3) is 3.06. The summed E-state index contributed by atoms with van der Waals surface area (Å²) in [5.74, 6) is -1.85. The van der Waals surface area contributed by atoms with Crippen molar-refractivity contribution in [2.45, 2.75) is 0 Å². The van der Waals surface area contributed by atoms with Crippen LogP contribution in [0.4, 0.5) is 10.1 Å². The summed E-state index contributed by atoms with van der Waals surface area (Å²) < 4.78 is 18.8. The van der Waals surface area contributed by atoms with Gasteiger partial charge in [-0.2, -0.15) is 0 Å². The number of fused-ring (bicyclic) bond motifs is 1. The number of hydrogen-bond acceptors (Lipinski definition) is 3. The predicted octanol–water partition coefficient (Wildman–Crippen LogP) is 2.68. The standard InChI is InChI=1S/C17H12FNO4/c18-12-5-3-4-11(8-12)9-15-17(22)19(10-16(20)21)13-6-1-2-7-14(13)23-15/h1-9H,10H2,(H,20,21). The van der Waals surface area contributed by atoms with Crippen molar-refractivity contribution in [2.24, 2.45) is 0 Å². The van der Waals surface area contributed by atoms with Crippen LogP contribution in [0.1, 0.15) is 5.56 Å². The molecule has 0 aromatic heterocycles. The molecule has 0 fully saturated rings. The molecular formula is C17H12FNO4. The first kappa shape index (κ1) is 14.8. The maximum atomic E-state index is 13.3. The largest absolute Gasteiger partial charge is 0.480 e. The smallest absolute Gasteiger partial charge is 0.323 e. The lowest BCUT2D eigenvalue weighted by Crippen LogP contribution is -2.40. The van der Waals surface area contributed by atoms with E-state index in [4.69, 9.17) is 9.84 Å². The number of hydrogen-bond donors (Lipinski definition) is 1. The lowest BCUT2D eigenvalue weighted by atomic mass is 10.1. The molecule has 6 heteroatoms. The van der Waals surface area contributed by atoms with Crippen molar-refractivity contribution in [3.8, 4) is 5.75 Å². The zero-order valence-electron chi connectivity index (χ0n) is 11.9. The van der Waals surface area contributed by atoms with Gasteiger partial charge in [0.05, 0.1) is 5.69 Å². The monoisotopic (exact) mass is 313 g/mol. The van der Waals surface area contributed by atoms with Gasteiger partial charge in [0.15, 0.2) is 11.5 Å². The molecule has 1 heterocycles. The van der Waals surface area contributed by atoms with E-state index in [2.05, 4.69) is 0 Å². The maximum absolute atomic E-state index is 13.3. The number of halogens is 1. The molecule has 5 nitrogen and oxygen atoms in total. The Balaban J connectivity index is 2.04. The summed E-state index contributed by atoms with van der Waals surface area (Å²) in [7, 11) is 0. The number of carbonyl (C=O) groups is 2. The second-order valence-corrected chi connectivity index (χ2v) is 4.92. The number of carbonyl (C=O) groups excluding carboxylic acids is 1. The van der Waals surface area contributed by atoms with Crippen LogP contribution in [0.5, 0.6) is 5.75 Å². The van der Waals surface area contributed by atoms with Gasteiger partial charge in [-0.05, 0) is 35.9 Å². The number of para-hydroxylation sites is 2. The van der Waals surface area contributed by atoms with Crippen LogP contribution in [-0.4, -0.2) is 23.5 Å². The third-order valence-electron chi connectivity index (χ3n) is 3.27. The quantitative estimate of drug-likeness (QED) is 0.885. The first-order valence-corrected chi connectivity index (χ1v) is 6.82. The molecule has 1 amide bonds. The molecule has 0 aliphatic carbocycles. The van der Waals surface area contributed by atoms with Crippen LogP contribution >= 0.6 is 0 Å². The molecule has 0 atom stereocenters. The molecule has 0 saturated carbocycles. The molecule has 1 aliphatic rings. The van der Waals surface area contributed by atoms with E-state index in [0.717, 1.165) is 4.90 Å². The SMILES string of the molecule is O=C(O)CN1C(=O)C(=Cc2cccc(F)c2)Oc2ccccc21. The predicted molar refractivity (Wildman–Crippen MR) is 81.4 cm³/mol. The van der Waals surface area contributed by atoms with E-state index < -0.39 is 24.2 Å². The summed E-state index contributed by atoms with van der Waals surface area (Å²) in [5, 5.41) is 9.02. The fourth-order valence-corrected chi connectivity index (χ4v) is 2.30. The molecule has 3 rings (SSSR count). The van der Waals surface area contributed by atoms with E-state index in [1.54, 1.807) is 30.3 Å². The molecule has 0 bridgehead atoms. The van der Waals surface area contributed by atoms with E-state index in [-0.39, 0.29) is 5.76 Å². The summed E-state index contributed by atoms with van der Waals surface area (Å²) in [6.45, 7) is -0.486. The summed E-state index contributed by atoms with van der Waals surface area (Å²) in [5.41, 5.74) is 0.833. The molecule has 0 radical (unpaired) electrons. The topological polar surface area (TPSA) is 66.8 Å². The van der Waals surface area contributed by atoms with Crippen molar-refractivity contribution in [1.82, 2.24) is 0 Å². The number of benzene rings is 2. The highest BCUT2D eigenvalue weighted by Gasteiger charge is 2.31. The summed E-state index contributed by atoms with van der Waals surface area (Å²) >= 11 is 0. The average Bonchev–Trinajstić information content (AvgIpc) is 2.51. The van der Waals surface area contributed by atoms with Crippen LogP contribution in [-0.2, 0) is 9.59 Å². The number of ether oxygens (including phenoxy) is 1. The Kier molecular flexibility index (Phi) is 3.80. The Hall–Kier alpha value is -3.15. The van der Waals surface area contributed by atoms with E-state index in [1.165, 1.54) is 24.3 Å². The minimum atomic E-state index is -1.14. The summed E-state index contributed by atoms with van der Waals surface area (Å²) in [6.07, 6.45) is 1.39. The maximum Gasteiger partial charge on any atom is 0.323 e. The van der Waals surface area contributed by atoms with E-state index in [0.29, 0.717) is 17.0 Å². The zero-order valence-corrected chi connectivity index (χ0v) is 11.9. The molecule has 1 N–H and O–H groups in total. The van der Waals surface area contributed by atoms with Crippen molar-refractivity contribution in [3.05, 3.63) is 65.7 Å². The van der Waals surface area contributed by atoms with Crippen molar-refractivity contribution in [1.29, 1.82) is 0 Å². The van der Waals surface area contributed by atoms with E-state index in [1.807, 2.05) is 0 Å². The number of amides is 1. The van der Waals surface area contributed by atoms with E-state index in [9.17, 15) is 14.0 Å². The number of anilines is 1. The molecule has 0 spiro atoms. The van der Waals surface area contributed by atoms with Crippen LogP contribution < -0.4 is 9.64 Å². The van der Waals surface area contributed by atoms with Crippen LogP contribution in [0.15, 0.2) is 54.3 Å². The number of rotatable bonds is 3. The van der Waals surface area contributed by atoms with Gasteiger partial charge >= 0.3 is 5.97 Å². The van der Waals surface area contributed by atoms with Gasteiger partial charge in [-0.15, -0.1) is 0 Å². The Labute approximate surface area is 131 Å². The molecule has 2 aromatic carbocycles. The Morgan fingerprint density at radius 2 is 2.00 bits per heavy atom. The first-order valence-electron chi connectivity index (χ1n) is 6.82. The number of carboxylic acid groups (broad SMARTS) is 1. The summed E-state index contributed by atoms with van der Waals surface area (Å²) in [6, 6.07) is 12.3. The highest BCUT2D eigenvalue weighted by atomic mass is 19.1. The Morgan fingerprint density at radius 1 is 1.22 bits per heavy atom. The Bertz CT molecular complexity index is 816. The van der Waals surface area contributed by atoms with Gasteiger partial charge in [0.2, 0.25) is 0 Å². The number of carboxylic acids is 1. The molecule has 0 saturated heterocycles. The second-order valence-electron chi connectivity index (χ2n) is 4.92. The molecule has 23 heavy (non-hydrogen) atoms. The van der Waals surface area contributed by atoms with Gasteiger partial charge in [-0.25, -0.2) is 4.39 Å². The highest BCUT2D eigenvalue weighted by molar-refractivity contribution is 6.11. The first-order chi connectivity index (χ1) is 11.0. The van der Waals surface area contributed by atoms with Crippen molar-refractivity contribution in [3.63, 3.8) is 0 Å². The number of aliphatic carboxylic acids is 1. The van der Waals surface area contributed by atoms with Gasteiger partial charge in [-0.3, -0.25) is 14.5 Å². The van der Waals surface area contributed by atoms with Gasteiger partial charge in [0.25, 0.3) is 5.91 Å². The minimum absolute atomic E-state index is 0.0597. The minimum Gasteiger partial charge on any atom is -0.480 e. The van der Waals surface area contributed by atoms with Crippen molar-refractivity contribution in [2.75, 3.05) is 11.4 Å². The third-order valence-corrected chi connectivity index (χ3v) is 3.27. The average molecular weight is 313 g/mol. The van der Waals surface area contributed by atoms with Gasteiger partial charge in [-0.1, -0.05) is 24.3 Å². The lowest BCUT2D eigenvalue weighted by Gasteiger charge is -2.29. The summed E-state index contributed by atoms with van der Waals surface area (Å²) in [4.78, 5) is 24.6. The van der Waals surface area contributed by atoms with E-state index >= 15 is 0 Å². The fourth-order valence-electron chi connectivity index (χ4n) is 2.30. The number of nitrogens with zero attached hydrogens (tertiary/aromatic N) is 1. The molecule has 116 valence electrons. The zero-order chi connectivity index (χ0) is 16.4. The van der Waals surface area contributed by atoms with Crippen LogP contribution in [0, 0.1) is 5.82 Å². The molecule has 2 aromatic rings. The Morgan fingerprint density at radius 3 is 2.74 bits per heavy atom. The normalized spacial score (nSPS) is 15.3. The molecule has 0 unspecified atom stereocenters. The lowest BCUT2D eigenvalue weighted by molar-refractivity contribution is -0.136. The van der Waals surface area contributed by atoms with Crippen LogP contribution in [0.25, 0.3) is 6.08 Å². The second kappa shape index (κ2) is 5.92. The van der Waals surface area contributed by atoms with Crippen molar-refractivity contribution < 1.29 is 23.8 Å². The van der Waals surface area contributed by atoms with Gasteiger partial charge < -0.3 is 9.84 Å². The highest BCUT2D eigenvalue weighted by Crippen LogP contribution is 2.35. The molecular weight excluding hydrogens is 301 g/mol. The van der Waals surface area contributed by atoms with Crippen LogP contribution in [0.2, 0.25) is 0 Å². The van der Waals surface area contributed by atoms with Gasteiger partial charge in [0.1, 0.15) is 12.4 Å².